The molecule has 1 aromatic carbocycles. The summed E-state index contributed by atoms with van der Waals surface area (Å²) in [5, 5.41) is 11.2. The van der Waals surface area contributed by atoms with Gasteiger partial charge in [0.1, 0.15) is 5.69 Å². The van der Waals surface area contributed by atoms with Crippen LogP contribution in [0.1, 0.15) is 45.0 Å². The van der Waals surface area contributed by atoms with Gasteiger partial charge in [0, 0.05) is 36.1 Å². The lowest BCUT2D eigenvalue weighted by Gasteiger charge is -2.36. The topological polar surface area (TPSA) is 113 Å². The average Bonchev–Trinajstić information content (AvgIpc) is 3.27. The highest BCUT2D eigenvalue weighted by molar-refractivity contribution is 7.89. The lowest BCUT2D eigenvalue weighted by molar-refractivity contribution is 0.150. The third kappa shape index (κ3) is 4.61. The van der Waals surface area contributed by atoms with E-state index < -0.39 is 27.0 Å². The first-order valence-electron chi connectivity index (χ1n) is 11.0. The summed E-state index contributed by atoms with van der Waals surface area (Å²) in [6.07, 6.45) is -1.20. The van der Waals surface area contributed by atoms with Crippen molar-refractivity contribution in [3.63, 3.8) is 0 Å². The van der Waals surface area contributed by atoms with Crippen molar-refractivity contribution >= 4 is 38.2 Å². The highest BCUT2D eigenvalue weighted by Crippen LogP contribution is 2.37. The van der Waals surface area contributed by atoms with Crippen LogP contribution in [0.25, 0.3) is 21.6 Å². The second-order valence-corrected chi connectivity index (χ2v) is 12.0. The summed E-state index contributed by atoms with van der Waals surface area (Å²) in [5.74, 6) is 0.440. The van der Waals surface area contributed by atoms with Gasteiger partial charge in [-0.3, -0.25) is 0 Å². The zero-order valence-corrected chi connectivity index (χ0v) is 20.6. The number of anilines is 1. The number of hydrogen-bond acceptors (Lipinski definition) is 9. The van der Waals surface area contributed by atoms with E-state index in [2.05, 4.69) is 44.1 Å². The molecule has 5 rings (SSSR count). The molecule has 0 radical (unpaired) electrons. The molecule has 3 aromatic rings. The van der Waals surface area contributed by atoms with Gasteiger partial charge in [-0.15, -0.1) is 10.2 Å². The van der Waals surface area contributed by atoms with Gasteiger partial charge in [-0.25, -0.2) is 31.9 Å². The molecule has 0 bridgehead atoms. The van der Waals surface area contributed by atoms with Crippen LogP contribution in [-0.2, 0) is 10.0 Å². The fourth-order valence-electron chi connectivity index (χ4n) is 4.15. The Morgan fingerprint density at radius 1 is 1.18 bits per heavy atom. The summed E-state index contributed by atoms with van der Waals surface area (Å²) < 4.78 is 55.1. The van der Waals surface area contributed by atoms with E-state index >= 15 is 0 Å². The number of nitrogens with zero attached hydrogens (tertiary/aromatic N) is 5. The van der Waals surface area contributed by atoms with Crippen molar-refractivity contribution in [2.24, 2.45) is 0 Å². The van der Waals surface area contributed by atoms with Gasteiger partial charge < -0.3 is 10.2 Å². The number of halogens is 2. The molecule has 2 atom stereocenters. The predicted molar refractivity (Wildman–Crippen MR) is 126 cm³/mol. The highest BCUT2D eigenvalue weighted by Gasteiger charge is 2.41. The Morgan fingerprint density at radius 3 is 2.50 bits per heavy atom. The molecule has 3 heterocycles. The van der Waals surface area contributed by atoms with E-state index in [4.69, 9.17) is 0 Å². The van der Waals surface area contributed by atoms with Gasteiger partial charge >= 0.3 is 0 Å². The molecule has 1 aliphatic carbocycles. The van der Waals surface area contributed by atoms with Crippen LogP contribution in [0.3, 0.4) is 0 Å². The molecule has 13 heteroatoms. The standard InChI is InChI=1S/C21H25F2N7O2S2/c1-11-9-30(10-12(2)24-11)20-25-15-5-4-13(34(31,32)29-21(3)6-7-21)8-14(15)16(26-20)18-27-28-19(33-18)17(22)23/h4-5,8,11-12,17,24,29H,6-7,9-10H2,1-3H3/t11-,12-/m1/s1. The molecule has 2 N–H and O–H groups in total. The second-order valence-electron chi connectivity index (χ2n) is 9.34. The molecule has 182 valence electrons. The average molecular weight is 510 g/mol. The minimum atomic E-state index is -3.78. The number of nitrogens with one attached hydrogen (secondary N) is 2. The summed E-state index contributed by atoms with van der Waals surface area (Å²) in [5.41, 5.74) is 0.361. The van der Waals surface area contributed by atoms with Gasteiger partial charge in [0.25, 0.3) is 6.43 Å². The summed E-state index contributed by atoms with van der Waals surface area (Å²) >= 11 is 0.740. The third-order valence-corrected chi connectivity index (χ3v) is 8.59. The van der Waals surface area contributed by atoms with E-state index in [0.717, 1.165) is 24.2 Å². The number of piperazine rings is 1. The van der Waals surface area contributed by atoms with Crippen LogP contribution < -0.4 is 14.9 Å². The molecule has 2 fully saturated rings. The van der Waals surface area contributed by atoms with Crippen LogP contribution in [0.2, 0.25) is 0 Å². The lowest BCUT2D eigenvalue weighted by atomic mass is 10.1. The normalized spacial score (nSPS) is 22.5. The van der Waals surface area contributed by atoms with Crippen molar-refractivity contribution in [1.29, 1.82) is 0 Å². The first-order valence-corrected chi connectivity index (χ1v) is 13.3. The van der Waals surface area contributed by atoms with E-state index in [0.29, 0.717) is 29.9 Å². The summed E-state index contributed by atoms with van der Waals surface area (Å²) in [7, 11) is -3.78. The first-order chi connectivity index (χ1) is 16.0. The number of alkyl halides is 2. The molecule has 0 unspecified atom stereocenters. The SMILES string of the molecule is C[C@@H]1CN(c2nc(-c3nnc(C(F)F)s3)c3cc(S(=O)(=O)NC4(C)CC4)ccc3n2)C[C@@H](C)N1. The van der Waals surface area contributed by atoms with Gasteiger partial charge in [-0.2, -0.15) is 0 Å². The largest absolute Gasteiger partial charge is 0.338 e. The first kappa shape index (κ1) is 23.4. The molecule has 1 saturated carbocycles. The molecule has 1 saturated heterocycles. The number of benzene rings is 1. The zero-order chi connectivity index (χ0) is 24.3. The molecule has 9 nitrogen and oxygen atoms in total. The number of aromatic nitrogens is 4. The number of rotatable bonds is 6. The monoisotopic (exact) mass is 509 g/mol. The predicted octanol–water partition coefficient (Wildman–Crippen LogP) is 3.10. The van der Waals surface area contributed by atoms with Crippen molar-refractivity contribution in [3.05, 3.63) is 23.2 Å². The maximum Gasteiger partial charge on any atom is 0.291 e. The summed E-state index contributed by atoms with van der Waals surface area (Å²) in [4.78, 5) is 11.5. The van der Waals surface area contributed by atoms with Crippen molar-refractivity contribution in [1.82, 2.24) is 30.2 Å². The third-order valence-electron chi connectivity index (χ3n) is 6.02. The number of fused-ring (bicyclic) bond motifs is 1. The van der Waals surface area contributed by atoms with E-state index in [1.54, 1.807) is 6.07 Å². The van der Waals surface area contributed by atoms with Crippen LogP contribution >= 0.6 is 11.3 Å². The zero-order valence-electron chi connectivity index (χ0n) is 18.9. The van der Waals surface area contributed by atoms with Gasteiger partial charge in [-0.05, 0) is 51.8 Å². The van der Waals surface area contributed by atoms with E-state index in [1.165, 1.54) is 12.1 Å². The van der Waals surface area contributed by atoms with Crippen LogP contribution in [0, 0.1) is 0 Å². The van der Waals surface area contributed by atoms with E-state index in [1.807, 2.05) is 11.8 Å². The lowest BCUT2D eigenvalue weighted by Crippen LogP contribution is -2.54. The fraction of sp³-hybridized carbons (Fsp3) is 0.524. The molecule has 2 aliphatic rings. The quantitative estimate of drug-likeness (QED) is 0.521. The molecule has 0 spiro atoms. The summed E-state index contributed by atoms with van der Waals surface area (Å²) in [6.45, 7) is 7.32. The Balaban J connectivity index is 1.64. The Bertz CT molecular complexity index is 1330. The molecule has 2 aromatic heterocycles. The van der Waals surface area contributed by atoms with Crippen molar-refractivity contribution in [3.8, 4) is 10.7 Å². The van der Waals surface area contributed by atoms with Gasteiger partial charge in [0.2, 0.25) is 16.0 Å². The molecule has 1 aliphatic heterocycles. The maximum absolute atomic E-state index is 13.2. The Hall–Kier alpha value is -2.35. The van der Waals surface area contributed by atoms with Crippen molar-refractivity contribution in [2.45, 2.75) is 62.6 Å². The maximum atomic E-state index is 13.2. The Labute approximate surface area is 200 Å². The van der Waals surface area contributed by atoms with Gasteiger partial charge in [0.15, 0.2) is 10.0 Å². The Kier molecular flexibility index (Phi) is 5.78. The van der Waals surface area contributed by atoms with E-state index in [-0.39, 0.29) is 27.7 Å². The minimum absolute atomic E-state index is 0.0636. The van der Waals surface area contributed by atoms with Crippen LogP contribution in [0.15, 0.2) is 23.1 Å². The highest BCUT2D eigenvalue weighted by atomic mass is 32.2. The number of hydrogen-bond donors (Lipinski definition) is 2. The molecular formula is C21H25F2N7O2S2. The fourth-order valence-corrected chi connectivity index (χ4v) is 6.34. The van der Waals surface area contributed by atoms with Crippen LogP contribution in [0.4, 0.5) is 14.7 Å². The smallest absolute Gasteiger partial charge is 0.291 e. The minimum Gasteiger partial charge on any atom is -0.338 e. The van der Waals surface area contributed by atoms with Crippen molar-refractivity contribution in [2.75, 3.05) is 18.0 Å². The Morgan fingerprint density at radius 2 is 1.88 bits per heavy atom. The van der Waals surface area contributed by atoms with Crippen LogP contribution in [-0.4, -0.2) is 59.3 Å². The molecular weight excluding hydrogens is 484 g/mol. The van der Waals surface area contributed by atoms with Gasteiger partial charge in [-0.1, -0.05) is 11.3 Å². The molecule has 34 heavy (non-hydrogen) atoms. The molecule has 0 amide bonds. The van der Waals surface area contributed by atoms with Gasteiger partial charge in [0.05, 0.1) is 10.4 Å². The van der Waals surface area contributed by atoms with Crippen molar-refractivity contribution < 1.29 is 17.2 Å². The van der Waals surface area contributed by atoms with Crippen LogP contribution in [0.5, 0.6) is 0 Å². The summed E-state index contributed by atoms with van der Waals surface area (Å²) in [6, 6.07) is 5.03. The van der Waals surface area contributed by atoms with E-state index in [9.17, 15) is 17.2 Å². The second kappa shape index (κ2) is 8.40. The number of sulfonamides is 1.